The van der Waals surface area contributed by atoms with Crippen LogP contribution in [0.2, 0.25) is 0 Å². The fraction of sp³-hybridized carbons (Fsp3) is 0.474. The molecule has 3 rings (SSSR count). The van der Waals surface area contributed by atoms with Gasteiger partial charge in [-0.1, -0.05) is 6.92 Å². The summed E-state index contributed by atoms with van der Waals surface area (Å²) in [5.74, 6) is 0.474. The molecular weight excluding hydrogens is 346 g/mol. The highest BCUT2D eigenvalue weighted by Gasteiger charge is 2.23. The quantitative estimate of drug-likeness (QED) is 0.729. The maximum atomic E-state index is 12.8. The van der Waals surface area contributed by atoms with Crippen molar-refractivity contribution < 1.29 is 14.0 Å². The van der Waals surface area contributed by atoms with Crippen LogP contribution < -0.4 is 0 Å². The van der Waals surface area contributed by atoms with Crippen molar-refractivity contribution in [3.63, 3.8) is 0 Å². The highest BCUT2D eigenvalue weighted by Crippen LogP contribution is 2.11. The smallest absolute Gasteiger partial charge is 0.274 e. The van der Waals surface area contributed by atoms with Crippen LogP contribution >= 0.6 is 0 Å². The molecule has 8 nitrogen and oxygen atoms in total. The number of likely N-dealkylation sites (N-methyl/N-ethyl adjacent to an activating group) is 1. The van der Waals surface area contributed by atoms with Gasteiger partial charge < -0.3 is 19.1 Å². The molecular formula is C19H25N5O3. The number of rotatable bonds is 7. The van der Waals surface area contributed by atoms with Gasteiger partial charge in [-0.15, -0.1) is 0 Å². The van der Waals surface area contributed by atoms with Gasteiger partial charge in [-0.2, -0.15) is 0 Å². The van der Waals surface area contributed by atoms with Crippen LogP contribution in [0.3, 0.4) is 0 Å². The lowest BCUT2D eigenvalue weighted by molar-refractivity contribution is -0.133. The first kappa shape index (κ1) is 19.0. The number of carbonyl (C=O) groups excluding carboxylic acids is 2. The normalized spacial score (nSPS) is 14.9. The van der Waals surface area contributed by atoms with Crippen molar-refractivity contribution in [2.24, 2.45) is 0 Å². The number of piperazine rings is 1. The van der Waals surface area contributed by atoms with E-state index in [0.717, 1.165) is 32.7 Å². The number of furan rings is 1. The third kappa shape index (κ3) is 5.13. The highest BCUT2D eigenvalue weighted by atomic mass is 16.3. The Bertz CT molecular complexity index is 727. The van der Waals surface area contributed by atoms with E-state index in [1.54, 1.807) is 17.2 Å². The van der Waals surface area contributed by atoms with Gasteiger partial charge in [0, 0.05) is 51.5 Å². The molecule has 0 N–H and O–H groups in total. The molecule has 0 saturated carbocycles. The zero-order chi connectivity index (χ0) is 19.1. The first-order chi connectivity index (χ1) is 13.2. The van der Waals surface area contributed by atoms with Crippen LogP contribution in [0.15, 0.2) is 41.4 Å². The molecule has 8 heteroatoms. The van der Waals surface area contributed by atoms with Crippen LogP contribution in [0.1, 0.15) is 29.6 Å². The van der Waals surface area contributed by atoms with E-state index < -0.39 is 0 Å². The van der Waals surface area contributed by atoms with E-state index >= 15 is 0 Å². The zero-order valence-corrected chi connectivity index (χ0v) is 15.6. The number of amides is 2. The molecule has 144 valence electrons. The third-order valence-electron chi connectivity index (χ3n) is 4.76. The lowest BCUT2D eigenvalue weighted by Gasteiger charge is -2.34. The Labute approximate surface area is 158 Å². The average Bonchev–Trinajstić information content (AvgIpc) is 3.24. The van der Waals surface area contributed by atoms with E-state index in [1.165, 1.54) is 18.6 Å². The minimum Gasteiger partial charge on any atom is -0.467 e. The summed E-state index contributed by atoms with van der Waals surface area (Å²) >= 11 is 0. The Kier molecular flexibility index (Phi) is 6.54. The third-order valence-corrected chi connectivity index (χ3v) is 4.76. The molecule has 0 unspecified atom stereocenters. The molecule has 2 amide bonds. The van der Waals surface area contributed by atoms with Crippen LogP contribution in [-0.2, 0) is 11.3 Å². The Morgan fingerprint density at radius 2 is 2.04 bits per heavy atom. The summed E-state index contributed by atoms with van der Waals surface area (Å²) in [7, 11) is 0. The maximum Gasteiger partial charge on any atom is 0.274 e. The van der Waals surface area contributed by atoms with Gasteiger partial charge in [0.1, 0.15) is 11.5 Å². The molecule has 0 spiro atoms. The van der Waals surface area contributed by atoms with Gasteiger partial charge >= 0.3 is 0 Å². The number of nitrogens with zero attached hydrogens (tertiary/aromatic N) is 5. The molecule has 2 aromatic heterocycles. The first-order valence-electron chi connectivity index (χ1n) is 9.25. The maximum absolute atomic E-state index is 12.8. The fourth-order valence-corrected chi connectivity index (χ4v) is 3.12. The van der Waals surface area contributed by atoms with Crippen molar-refractivity contribution in [3.8, 4) is 0 Å². The SMILES string of the molecule is CCN1CCN(C(=O)CCN(Cc2ccco2)C(=O)c2cnccn2)CC1. The van der Waals surface area contributed by atoms with Gasteiger partial charge in [0.25, 0.3) is 5.91 Å². The zero-order valence-electron chi connectivity index (χ0n) is 15.6. The lowest BCUT2D eigenvalue weighted by atomic mass is 10.2. The summed E-state index contributed by atoms with van der Waals surface area (Å²) in [5.41, 5.74) is 0.257. The number of hydrogen-bond donors (Lipinski definition) is 0. The molecule has 0 radical (unpaired) electrons. The minimum absolute atomic E-state index is 0.0714. The van der Waals surface area contributed by atoms with Gasteiger partial charge in [-0.05, 0) is 18.7 Å². The van der Waals surface area contributed by atoms with Gasteiger partial charge in [0.15, 0.2) is 0 Å². The van der Waals surface area contributed by atoms with Crippen molar-refractivity contribution in [1.29, 1.82) is 0 Å². The van der Waals surface area contributed by atoms with Crippen LogP contribution in [0.5, 0.6) is 0 Å². The van der Waals surface area contributed by atoms with Gasteiger partial charge in [0.2, 0.25) is 5.91 Å². The monoisotopic (exact) mass is 371 g/mol. The summed E-state index contributed by atoms with van der Waals surface area (Å²) in [4.78, 5) is 39.2. The molecule has 0 aliphatic carbocycles. The second kappa shape index (κ2) is 9.27. The summed E-state index contributed by atoms with van der Waals surface area (Å²) in [5, 5.41) is 0. The number of hydrogen-bond acceptors (Lipinski definition) is 6. The fourth-order valence-electron chi connectivity index (χ4n) is 3.12. The predicted molar refractivity (Wildman–Crippen MR) is 98.8 cm³/mol. The highest BCUT2D eigenvalue weighted by molar-refractivity contribution is 5.92. The Morgan fingerprint density at radius 1 is 1.22 bits per heavy atom. The van der Waals surface area contributed by atoms with Crippen LogP contribution in [0.4, 0.5) is 0 Å². The van der Waals surface area contributed by atoms with Crippen molar-refractivity contribution >= 4 is 11.8 Å². The van der Waals surface area contributed by atoms with Crippen LogP contribution in [0.25, 0.3) is 0 Å². The summed E-state index contributed by atoms with van der Waals surface area (Å²) in [6.45, 7) is 7.01. The molecule has 1 aliphatic heterocycles. The molecule has 0 bridgehead atoms. The summed E-state index contributed by atoms with van der Waals surface area (Å²) in [6, 6.07) is 3.58. The first-order valence-corrected chi connectivity index (χ1v) is 9.25. The van der Waals surface area contributed by atoms with Crippen molar-refractivity contribution in [2.75, 3.05) is 39.3 Å². The molecule has 2 aromatic rings. The molecule has 1 aliphatic rings. The van der Waals surface area contributed by atoms with E-state index in [9.17, 15) is 9.59 Å². The van der Waals surface area contributed by atoms with Crippen molar-refractivity contribution in [2.45, 2.75) is 19.9 Å². The van der Waals surface area contributed by atoms with Crippen LogP contribution in [0, 0.1) is 0 Å². The Hall–Kier alpha value is -2.74. The lowest BCUT2D eigenvalue weighted by Crippen LogP contribution is -2.49. The molecule has 1 fully saturated rings. The second-order valence-electron chi connectivity index (χ2n) is 6.46. The van der Waals surface area contributed by atoms with E-state index in [0.29, 0.717) is 18.8 Å². The summed E-state index contributed by atoms with van der Waals surface area (Å²) < 4.78 is 5.37. The predicted octanol–water partition coefficient (Wildman–Crippen LogP) is 1.27. The van der Waals surface area contributed by atoms with Crippen LogP contribution in [-0.4, -0.2) is 75.8 Å². The van der Waals surface area contributed by atoms with Gasteiger partial charge in [-0.25, -0.2) is 4.98 Å². The second-order valence-corrected chi connectivity index (χ2v) is 6.46. The average molecular weight is 371 g/mol. The molecule has 0 aromatic carbocycles. The van der Waals surface area contributed by atoms with Crippen molar-refractivity contribution in [3.05, 3.63) is 48.4 Å². The molecule has 3 heterocycles. The summed E-state index contributed by atoms with van der Waals surface area (Å²) in [6.07, 6.45) is 6.28. The van der Waals surface area contributed by atoms with E-state index in [-0.39, 0.29) is 23.9 Å². The number of aromatic nitrogens is 2. The van der Waals surface area contributed by atoms with Gasteiger partial charge in [-0.3, -0.25) is 14.6 Å². The van der Waals surface area contributed by atoms with Gasteiger partial charge in [0.05, 0.1) is 19.0 Å². The van der Waals surface area contributed by atoms with E-state index in [4.69, 9.17) is 4.42 Å². The topological polar surface area (TPSA) is 82.8 Å². The standard InChI is InChI=1S/C19H25N5O3/c1-2-22-9-11-23(12-10-22)18(25)5-8-24(15-16-4-3-13-27-16)19(26)17-14-20-6-7-21-17/h3-4,6-7,13-14H,2,5,8-12,15H2,1H3. The molecule has 0 atom stereocenters. The van der Waals surface area contributed by atoms with E-state index in [1.807, 2.05) is 11.0 Å². The molecule has 27 heavy (non-hydrogen) atoms. The Morgan fingerprint density at radius 3 is 2.67 bits per heavy atom. The Balaban J connectivity index is 1.61. The molecule has 1 saturated heterocycles. The largest absolute Gasteiger partial charge is 0.467 e. The minimum atomic E-state index is -0.261. The number of carbonyl (C=O) groups is 2. The van der Waals surface area contributed by atoms with Crippen molar-refractivity contribution in [1.82, 2.24) is 24.7 Å². The van der Waals surface area contributed by atoms with E-state index in [2.05, 4.69) is 21.8 Å².